The molecule has 0 radical (unpaired) electrons. The van der Waals surface area contributed by atoms with Gasteiger partial charge in [0.05, 0.1) is 20.3 Å². The van der Waals surface area contributed by atoms with E-state index in [0.717, 1.165) is 22.2 Å². The van der Waals surface area contributed by atoms with Gasteiger partial charge in [-0.05, 0) is 54.9 Å². The van der Waals surface area contributed by atoms with Crippen LogP contribution in [0.5, 0.6) is 5.75 Å². The minimum Gasteiger partial charge on any atom is -0.497 e. The van der Waals surface area contributed by atoms with E-state index in [-0.39, 0.29) is 18.7 Å². The van der Waals surface area contributed by atoms with Gasteiger partial charge in [-0.3, -0.25) is 4.79 Å². The van der Waals surface area contributed by atoms with E-state index < -0.39 is 0 Å². The summed E-state index contributed by atoms with van der Waals surface area (Å²) in [5.41, 5.74) is 3.11. The predicted octanol–water partition coefficient (Wildman–Crippen LogP) is 3.04. The second-order valence-corrected chi connectivity index (χ2v) is 6.91. The average molecular weight is 398 g/mol. The molecule has 0 aliphatic heterocycles. The second-order valence-electron chi connectivity index (χ2n) is 6.52. The summed E-state index contributed by atoms with van der Waals surface area (Å²) in [6.45, 7) is 2.52. The number of thiocarbonyl (C=S) groups is 1. The van der Waals surface area contributed by atoms with E-state index >= 15 is 0 Å². The van der Waals surface area contributed by atoms with Crippen LogP contribution < -0.4 is 15.6 Å². The highest BCUT2D eigenvalue weighted by atomic mass is 32.1. The number of aromatic amines is 1. The molecule has 0 saturated heterocycles. The Balaban J connectivity index is 1.84. The first-order valence-electron chi connectivity index (χ1n) is 8.93. The van der Waals surface area contributed by atoms with Crippen LogP contribution in [0.2, 0.25) is 0 Å². The third-order valence-corrected chi connectivity index (χ3v) is 4.78. The predicted molar refractivity (Wildman–Crippen MR) is 116 cm³/mol. The molecule has 3 N–H and O–H groups in total. The highest BCUT2D eigenvalue weighted by Crippen LogP contribution is 2.18. The largest absolute Gasteiger partial charge is 0.497 e. The molecule has 7 heteroatoms. The van der Waals surface area contributed by atoms with Crippen LogP contribution in [-0.2, 0) is 6.54 Å². The molecular weight excluding hydrogens is 374 g/mol. The summed E-state index contributed by atoms with van der Waals surface area (Å²) in [6.07, 6.45) is 0. The molecule has 0 saturated carbocycles. The lowest BCUT2D eigenvalue weighted by Crippen LogP contribution is -2.37. The Hall–Kier alpha value is -2.90. The van der Waals surface area contributed by atoms with Crippen molar-refractivity contribution in [1.29, 1.82) is 0 Å². The fourth-order valence-electron chi connectivity index (χ4n) is 2.97. The van der Waals surface area contributed by atoms with Crippen molar-refractivity contribution in [3.05, 3.63) is 70.0 Å². The molecule has 3 rings (SSSR count). The Morgan fingerprint density at radius 3 is 2.82 bits per heavy atom. The molecule has 0 bridgehead atoms. The molecule has 0 fully saturated rings. The number of fused-ring (bicyclic) bond motifs is 1. The number of rotatable bonds is 6. The number of benzene rings is 2. The Morgan fingerprint density at radius 1 is 1.25 bits per heavy atom. The number of aliphatic hydroxyl groups excluding tert-OH is 1. The lowest BCUT2D eigenvalue weighted by Gasteiger charge is -2.25. The molecule has 6 nitrogen and oxygen atoms in total. The summed E-state index contributed by atoms with van der Waals surface area (Å²) in [5, 5.41) is 14.0. The Bertz CT molecular complexity index is 1050. The normalized spacial score (nSPS) is 10.7. The minimum atomic E-state index is -0.163. The molecule has 2 aromatic carbocycles. The van der Waals surface area contributed by atoms with Crippen molar-refractivity contribution in [2.24, 2.45) is 0 Å². The summed E-state index contributed by atoms with van der Waals surface area (Å²) >= 11 is 5.51. The second kappa shape index (κ2) is 8.86. The van der Waals surface area contributed by atoms with Gasteiger partial charge in [-0.15, -0.1) is 0 Å². The van der Waals surface area contributed by atoms with Crippen molar-refractivity contribution < 1.29 is 9.84 Å². The zero-order valence-corrected chi connectivity index (χ0v) is 16.7. The first kappa shape index (κ1) is 19.9. The van der Waals surface area contributed by atoms with E-state index in [0.29, 0.717) is 23.0 Å². The molecule has 28 heavy (non-hydrogen) atoms. The topological polar surface area (TPSA) is 77.6 Å². The quantitative estimate of drug-likeness (QED) is 0.555. The number of hydrogen-bond acceptors (Lipinski definition) is 4. The molecule has 0 spiro atoms. The molecule has 0 aliphatic rings. The maximum Gasteiger partial charge on any atom is 0.253 e. The van der Waals surface area contributed by atoms with Gasteiger partial charge in [0.15, 0.2) is 5.11 Å². The van der Waals surface area contributed by atoms with Crippen LogP contribution in [0.25, 0.3) is 10.9 Å². The van der Waals surface area contributed by atoms with Gasteiger partial charge >= 0.3 is 0 Å². The number of H-pyrrole nitrogens is 1. The van der Waals surface area contributed by atoms with Crippen molar-refractivity contribution in [3.8, 4) is 5.75 Å². The summed E-state index contributed by atoms with van der Waals surface area (Å²) in [5.74, 6) is 0.711. The monoisotopic (exact) mass is 397 g/mol. The molecule has 146 valence electrons. The molecule has 3 aromatic rings. The van der Waals surface area contributed by atoms with Gasteiger partial charge in [0.2, 0.25) is 0 Å². The lowest BCUT2D eigenvalue weighted by atomic mass is 10.1. The number of aliphatic hydroxyl groups is 1. The molecular formula is C21H23N3O3S. The minimum absolute atomic E-state index is 0.0788. The number of hydrogen-bond donors (Lipinski definition) is 3. The number of aryl methyl sites for hydroxylation is 1. The van der Waals surface area contributed by atoms with Crippen LogP contribution in [-0.4, -0.2) is 40.4 Å². The van der Waals surface area contributed by atoms with E-state index in [1.807, 2.05) is 55.5 Å². The zero-order valence-electron chi connectivity index (χ0n) is 15.9. The third kappa shape index (κ3) is 4.68. The van der Waals surface area contributed by atoms with E-state index in [2.05, 4.69) is 10.3 Å². The van der Waals surface area contributed by atoms with Crippen LogP contribution in [0.15, 0.2) is 53.3 Å². The number of nitrogens with one attached hydrogen (secondary N) is 2. The standard InChI is InChI=1S/C21H23N3O3S/c1-14-6-7-19-15(10-14)11-16(20(26)23-19)13-24(8-9-25)21(28)22-17-4-3-5-18(12-17)27-2/h3-7,10-12,25H,8-9,13H2,1-2H3,(H,22,28)(H,23,26). The van der Waals surface area contributed by atoms with Gasteiger partial charge in [-0.1, -0.05) is 17.7 Å². The first-order valence-corrected chi connectivity index (χ1v) is 9.34. The van der Waals surface area contributed by atoms with Gasteiger partial charge in [0.1, 0.15) is 5.75 Å². The highest BCUT2D eigenvalue weighted by Gasteiger charge is 2.13. The lowest BCUT2D eigenvalue weighted by molar-refractivity contribution is 0.248. The number of ether oxygens (including phenoxy) is 1. The maximum absolute atomic E-state index is 12.5. The smallest absolute Gasteiger partial charge is 0.253 e. The zero-order chi connectivity index (χ0) is 20.1. The molecule has 0 atom stereocenters. The number of nitrogens with zero attached hydrogens (tertiary/aromatic N) is 1. The van der Waals surface area contributed by atoms with Gasteiger partial charge in [0, 0.05) is 29.4 Å². The Morgan fingerprint density at radius 2 is 2.07 bits per heavy atom. The summed E-state index contributed by atoms with van der Waals surface area (Å²) in [6, 6.07) is 15.2. The van der Waals surface area contributed by atoms with Crippen molar-refractivity contribution in [3.63, 3.8) is 0 Å². The van der Waals surface area contributed by atoms with E-state index in [1.165, 1.54) is 0 Å². The van der Waals surface area contributed by atoms with Gasteiger partial charge in [0.25, 0.3) is 5.56 Å². The molecule has 0 aliphatic carbocycles. The number of anilines is 1. The molecule has 1 aromatic heterocycles. The Kier molecular flexibility index (Phi) is 6.28. The van der Waals surface area contributed by atoms with Crippen LogP contribution in [0, 0.1) is 6.92 Å². The maximum atomic E-state index is 12.5. The highest BCUT2D eigenvalue weighted by molar-refractivity contribution is 7.80. The van der Waals surface area contributed by atoms with E-state index in [9.17, 15) is 9.90 Å². The molecule has 0 unspecified atom stereocenters. The van der Waals surface area contributed by atoms with Gasteiger partial charge in [-0.25, -0.2) is 0 Å². The average Bonchev–Trinajstić information content (AvgIpc) is 2.68. The van der Waals surface area contributed by atoms with Crippen molar-refractivity contribution >= 4 is 33.9 Å². The van der Waals surface area contributed by atoms with Gasteiger partial charge in [-0.2, -0.15) is 0 Å². The van der Waals surface area contributed by atoms with E-state index in [4.69, 9.17) is 17.0 Å². The van der Waals surface area contributed by atoms with Crippen molar-refractivity contribution in [2.45, 2.75) is 13.5 Å². The summed E-state index contributed by atoms with van der Waals surface area (Å²) < 4.78 is 5.22. The fraction of sp³-hybridized carbons (Fsp3) is 0.238. The number of methoxy groups -OCH3 is 1. The number of pyridine rings is 1. The van der Waals surface area contributed by atoms with Crippen LogP contribution in [0.1, 0.15) is 11.1 Å². The summed E-state index contributed by atoms with van der Waals surface area (Å²) in [4.78, 5) is 17.2. The van der Waals surface area contributed by atoms with Crippen molar-refractivity contribution in [1.82, 2.24) is 9.88 Å². The van der Waals surface area contributed by atoms with Crippen LogP contribution in [0.3, 0.4) is 0 Å². The van der Waals surface area contributed by atoms with Crippen LogP contribution >= 0.6 is 12.2 Å². The molecule has 0 amide bonds. The fourth-order valence-corrected chi connectivity index (χ4v) is 3.24. The SMILES string of the molecule is COc1cccc(NC(=S)N(CCO)Cc2cc3cc(C)ccc3[nH]c2=O)c1. The first-order chi connectivity index (χ1) is 13.5. The Labute approximate surface area is 168 Å². The third-order valence-electron chi connectivity index (χ3n) is 4.42. The molecule has 1 heterocycles. The van der Waals surface area contributed by atoms with Gasteiger partial charge < -0.3 is 25.0 Å². The number of aromatic nitrogens is 1. The summed E-state index contributed by atoms with van der Waals surface area (Å²) in [7, 11) is 1.60. The van der Waals surface area contributed by atoms with Crippen LogP contribution in [0.4, 0.5) is 5.69 Å². The van der Waals surface area contributed by atoms with E-state index in [1.54, 1.807) is 12.0 Å². The van der Waals surface area contributed by atoms with Crippen molar-refractivity contribution in [2.75, 3.05) is 25.6 Å².